The topological polar surface area (TPSA) is 56.4 Å². The summed E-state index contributed by atoms with van der Waals surface area (Å²) in [5.74, 6) is 0.155. The summed E-state index contributed by atoms with van der Waals surface area (Å²) in [7, 11) is 0. The van der Waals surface area contributed by atoms with Crippen LogP contribution in [0.25, 0.3) is 0 Å². The molecule has 2 aliphatic heterocycles. The Bertz CT molecular complexity index is 525. The molecule has 20 heavy (non-hydrogen) atoms. The number of nitrogens with zero attached hydrogens (tertiary/aromatic N) is 2. The summed E-state index contributed by atoms with van der Waals surface area (Å²) in [4.78, 5) is 5.15. The predicted molar refractivity (Wildman–Crippen MR) is 83.6 cm³/mol. The molecule has 0 aliphatic carbocycles. The first-order valence-corrected chi connectivity index (χ1v) is 7.52. The van der Waals surface area contributed by atoms with E-state index in [2.05, 4.69) is 28.9 Å². The van der Waals surface area contributed by atoms with E-state index in [1.807, 2.05) is 13.0 Å². The summed E-state index contributed by atoms with van der Waals surface area (Å²) < 4.78 is 0. The minimum atomic E-state index is 0.155. The monoisotopic (exact) mass is 272 g/mol. The molecule has 0 radical (unpaired) electrons. The molecule has 2 unspecified atom stereocenters. The van der Waals surface area contributed by atoms with E-state index in [0.29, 0.717) is 6.04 Å². The van der Waals surface area contributed by atoms with Gasteiger partial charge in [0.1, 0.15) is 5.84 Å². The number of hydrogen-bond donors (Lipinski definition) is 2. The van der Waals surface area contributed by atoms with E-state index < -0.39 is 0 Å². The molecule has 0 saturated carbocycles. The fourth-order valence-electron chi connectivity index (χ4n) is 3.68. The summed E-state index contributed by atoms with van der Waals surface area (Å²) in [6.07, 6.45) is 2.67. The van der Waals surface area contributed by atoms with Gasteiger partial charge >= 0.3 is 0 Å². The normalized spacial score (nSPS) is 26.6. The minimum Gasteiger partial charge on any atom is -0.384 e. The zero-order valence-corrected chi connectivity index (χ0v) is 12.4. The molecule has 1 aromatic carbocycles. The molecule has 108 valence electrons. The van der Waals surface area contributed by atoms with Crippen LogP contribution in [0.15, 0.2) is 18.2 Å². The molecule has 4 nitrogen and oxygen atoms in total. The third-order valence-corrected chi connectivity index (χ3v) is 4.77. The number of hydrogen-bond acceptors (Lipinski definition) is 3. The molecule has 2 saturated heterocycles. The summed E-state index contributed by atoms with van der Waals surface area (Å²) in [5.41, 5.74) is 8.82. The minimum absolute atomic E-state index is 0.155. The lowest BCUT2D eigenvalue weighted by molar-refractivity contribution is 0.203. The predicted octanol–water partition coefficient (Wildman–Crippen LogP) is 1.95. The van der Waals surface area contributed by atoms with Crippen LogP contribution in [0.3, 0.4) is 0 Å². The number of piperazine rings is 1. The lowest BCUT2D eigenvalue weighted by Gasteiger charge is -2.43. The van der Waals surface area contributed by atoms with Crippen LogP contribution < -0.4 is 10.6 Å². The van der Waals surface area contributed by atoms with Crippen LogP contribution in [0.1, 0.15) is 30.9 Å². The summed E-state index contributed by atoms with van der Waals surface area (Å²) in [5, 5.41) is 7.58. The largest absolute Gasteiger partial charge is 0.384 e. The highest BCUT2D eigenvalue weighted by Crippen LogP contribution is 2.29. The third kappa shape index (κ3) is 2.29. The van der Waals surface area contributed by atoms with Crippen LogP contribution in [0.4, 0.5) is 5.69 Å². The molecule has 0 amide bonds. The number of amidine groups is 1. The van der Waals surface area contributed by atoms with Crippen LogP contribution >= 0.6 is 0 Å². The Balaban J connectivity index is 1.85. The number of rotatable bonds is 2. The highest BCUT2D eigenvalue weighted by Gasteiger charge is 2.34. The molecule has 0 spiro atoms. The van der Waals surface area contributed by atoms with Crippen molar-refractivity contribution in [2.24, 2.45) is 5.73 Å². The van der Waals surface area contributed by atoms with Crippen LogP contribution in [0, 0.1) is 12.3 Å². The van der Waals surface area contributed by atoms with Crippen molar-refractivity contribution in [3.63, 3.8) is 0 Å². The van der Waals surface area contributed by atoms with Crippen molar-refractivity contribution in [3.05, 3.63) is 29.3 Å². The van der Waals surface area contributed by atoms with E-state index in [0.717, 1.165) is 30.3 Å². The SMILES string of the molecule is Cc1cc(N2CC3CCCN3CC2C)ccc1C(=N)N. The Hall–Kier alpha value is -1.55. The maximum Gasteiger partial charge on any atom is 0.123 e. The van der Waals surface area contributed by atoms with Gasteiger partial charge in [-0.3, -0.25) is 10.3 Å². The van der Waals surface area contributed by atoms with Gasteiger partial charge < -0.3 is 10.6 Å². The Morgan fingerprint density at radius 2 is 2.15 bits per heavy atom. The van der Waals surface area contributed by atoms with E-state index >= 15 is 0 Å². The van der Waals surface area contributed by atoms with Gasteiger partial charge in [0.2, 0.25) is 0 Å². The Labute approximate surface area is 121 Å². The lowest BCUT2D eigenvalue weighted by Crippen LogP contribution is -2.55. The number of aryl methyl sites for hydroxylation is 1. The van der Waals surface area contributed by atoms with Gasteiger partial charge in [0, 0.05) is 36.4 Å². The van der Waals surface area contributed by atoms with Crippen molar-refractivity contribution in [3.8, 4) is 0 Å². The first-order chi connectivity index (χ1) is 9.56. The summed E-state index contributed by atoms with van der Waals surface area (Å²) in [6, 6.07) is 7.55. The van der Waals surface area contributed by atoms with Gasteiger partial charge in [0.25, 0.3) is 0 Å². The van der Waals surface area contributed by atoms with Crippen molar-refractivity contribution in [1.29, 1.82) is 5.41 Å². The zero-order chi connectivity index (χ0) is 14.3. The highest BCUT2D eigenvalue weighted by molar-refractivity contribution is 5.96. The van der Waals surface area contributed by atoms with Crippen molar-refractivity contribution in [2.45, 2.75) is 38.8 Å². The molecule has 0 bridgehead atoms. The molecular weight excluding hydrogens is 248 g/mol. The molecule has 2 fully saturated rings. The van der Waals surface area contributed by atoms with Gasteiger partial charge in [-0.25, -0.2) is 0 Å². The second-order valence-corrected chi connectivity index (χ2v) is 6.21. The number of fused-ring (bicyclic) bond motifs is 1. The number of nitrogens with two attached hydrogens (primary N) is 1. The van der Waals surface area contributed by atoms with Gasteiger partial charge in [-0.05, 0) is 57.0 Å². The van der Waals surface area contributed by atoms with E-state index in [1.54, 1.807) is 0 Å². The van der Waals surface area contributed by atoms with Crippen LogP contribution in [-0.2, 0) is 0 Å². The molecule has 3 N–H and O–H groups in total. The molecule has 2 atom stereocenters. The Morgan fingerprint density at radius 1 is 1.35 bits per heavy atom. The molecule has 2 aliphatic rings. The first-order valence-electron chi connectivity index (χ1n) is 7.52. The lowest BCUT2D eigenvalue weighted by atomic mass is 10.0. The van der Waals surface area contributed by atoms with Gasteiger partial charge in [-0.15, -0.1) is 0 Å². The molecular formula is C16H24N4. The number of nitrogen functional groups attached to an aromatic ring is 1. The highest BCUT2D eigenvalue weighted by atomic mass is 15.3. The van der Waals surface area contributed by atoms with Crippen LogP contribution in [0.5, 0.6) is 0 Å². The summed E-state index contributed by atoms with van der Waals surface area (Å²) >= 11 is 0. The van der Waals surface area contributed by atoms with E-state index in [-0.39, 0.29) is 5.84 Å². The molecule has 4 heteroatoms. The molecule has 1 aromatic rings. The van der Waals surface area contributed by atoms with E-state index in [1.165, 1.54) is 25.1 Å². The average molecular weight is 272 g/mol. The third-order valence-electron chi connectivity index (χ3n) is 4.77. The maximum atomic E-state index is 7.58. The van der Waals surface area contributed by atoms with Gasteiger partial charge in [-0.2, -0.15) is 0 Å². The maximum absolute atomic E-state index is 7.58. The molecule has 3 rings (SSSR count). The average Bonchev–Trinajstić information content (AvgIpc) is 2.84. The quantitative estimate of drug-likeness (QED) is 0.639. The van der Waals surface area contributed by atoms with Crippen molar-refractivity contribution >= 4 is 11.5 Å². The van der Waals surface area contributed by atoms with Crippen LogP contribution in [0.2, 0.25) is 0 Å². The smallest absolute Gasteiger partial charge is 0.123 e. The van der Waals surface area contributed by atoms with Crippen molar-refractivity contribution < 1.29 is 0 Å². The number of anilines is 1. The number of benzene rings is 1. The molecule has 0 aromatic heterocycles. The van der Waals surface area contributed by atoms with Crippen molar-refractivity contribution in [1.82, 2.24) is 4.90 Å². The van der Waals surface area contributed by atoms with Gasteiger partial charge in [0.05, 0.1) is 0 Å². The second kappa shape index (κ2) is 5.09. The van der Waals surface area contributed by atoms with E-state index in [9.17, 15) is 0 Å². The fraction of sp³-hybridized carbons (Fsp3) is 0.562. The first kappa shape index (κ1) is 13.4. The Kier molecular flexibility index (Phi) is 3.42. The van der Waals surface area contributed by atoms with Gasteiger partial charge in [-0.1, -0.05) is 0 Å². The van der Waals surface area contributed by atoms with E-state index in [4.69, 9.17) is 11.1 Å². The fourth-order valence-corrected chi connectivity index (χ4v) is 3.68. The van der Waals surface area contributed by atoms with Crippen LogP contribution in [-0.4, -0.2) is 42.5 Å². The Morgan fingerprint density at radius 3 is 2.85 bits per heavy atom. The zero-order valence-electron chi connectivity index (χ0n) is 12.4. The number of nitrogens with one attached hydrogen (secondary N) is 1. The second-order valence-electron chi connectivity index (χ2n) is 6.21. The van der Waals surface area contributed by atoms with Crippen molar-refractivity contribution in [2.75, 3.05) is 24.5 Å². The molecule has 2 heterocycles. The summed E-state index contributed by atoms with van der Waals surface area (Å²) in [6.45, 7) is 7.91. The van der Waals surface area contributed by atoms with Gasteiger partial charge in [0.15, 0.2) is 0 Å². The standard InChI is InChI=1S/C16H24N4/c1-11-8-13(5-6-15(11)16(17)18)20-10-14-4-3-7-19(14)9-12(20)2/h5-6,8,12,14H,3-4,7,9-10H2,1-2H3,(H3,17,18).